The van der Waals surface area contributed by atoms with E-state index in [9.17, 15) is 14.7 Å². The van der Waals surface area contributed by atoms with Crippen molar-refractivity contribution < 1.29 is 24.2 Å². The number of nitrogens with zero attached hydrogens (tertiary/aromatic N) is 1. The summed E-state index contributed by atoms with van der Waals surface area (Å²) >= 11 is 0. The van der Waals surface area contributed by atoms with Crippen molar-refractivity contribution in [2.24, 2.45) is 0 Å². The molecule has 1 heterocycles. The molecule has 0 saturated carbocycles. The summed E-state index contributed by atoms with van der Waals surface area (Å²) in [6.45, 7) is 10.1. The summed E-state index contributed by atoms with van der Waals surface area (Å²) in [5, 5.41) is 9.20. The van der Waals surface area contributed by atoms with Crippen molar-refractivity contribution in [3.63, 3.8) is 0 Å². The predicted molar refractivity (Wildman–Crippen MR) is 64.1 cm³/mol. The number of rotatable bonds is 1. The maximum atomic E-state index is 12.1. The monoisotopic (exact) mass is 259 g/mol. The second-order valence-corrected chi connectivity index (χ2v) is 5.90. The molecule has 2 atom stereocenters. The van der Waals surface area contributed by atoms with Crippen molar-refractivity contribution in [2.45, 2.75) is 65.0 Å². The van der Waals surface area contributed by atoms with Gasteiger partial charge in [-0.3, -0.25) is 4.90 Å². The summed E-state index contributed by atoms with van der Waals surface area (Å²) in [5.41, 5.74) is -1.67. The average molecular weight is 259 g/mol. The number of amides is 1. The first-order valence-corrected chi connectivity index (χ1v) is 5.88. The summed E-state index contributed by atoms with van der Waals surface area (Å²) in [5.74, 6) is -1.10. The molecular formula is C12H21NO5. The lowest BCUT2D eigenvalue weighted by molar-refractivity contribution is -0.143. The van der Waals surface area contributed by atoms with Crippen molar-refractivity contribution >= 4 is 12.1 Å². The van der Waals surface area contributed by atoms with Gasteiger partial charge in [0.15, 0.2) is 6.04 Å². The Morgan fingerprint density at radius 2 is 1.83 bits per heavy atom. The van der Waals surface area contributed by atoms with E-state index in [0.29, 0.717) is 0 Å². The third-order valence-corrected chi connectivity index (χ3v) is 2.62. The molecule has 0 radical (unpaired) electrons. The van der Waals surface area contributed by atoms with Crippen molar-refractivity contribution in [1.82, 2.24) is 4.90 Å². The molecule has 1 saturated heterocycles. The quantitative estimate of drug-likeness (QED) is 0.777. The van der Waals surface area contributed by atoms with E-state index in [4.69, 9.17) is 9.47 Å². The normalized spacial score (nSPS) is 27.1. The van der Waals surface area contributed by atoms with Crippen molar-refractivity contribution in [2.75, 3.05) is 0 Å². The van der Waals surface area contributed by atoms with Gasteiger partial charge < -0.3 is 14.6 Å². The molecule has 0 unspecified atom stereocenters. The van der Waals surface area contributed by atoms with Crippen LogP contribution in [0.1, 0.15) is 41.5 Å². The predicted octanol–water partition coefficient (Wildman–Crippen LogP) is 1.83. The van der Waals surface area contributed by atoms with Gasteiger partial charge in [0.05, 0.1) is 6.10 Å². The second kappa shape index (κ2) is 4.42. The second-order valence-electron chi connectivity index (χ2n) is 5.90. The van der Waals surface area contributed by atoms with Crippen LogP contribution in [0.2, 0.25) is 0 Å². The summed E-state index contributed by atoms with van der Waals surface area (Å²) in [6.07, 6.45) is -1.26. The number of carbonyl (C=O) groups excluding carboxylic acids is 1. The number of aliphatic carboxylic acids is 1. The van der Waals surface area contributed by atoms with E-state index in [2.05, 4.69) is 0 Å². The molecule has 104 valence electrons. The minimum atomic E-state index is -1.10. The van der Waals surface area contributed by atoms with E-state index >= 15 is 0 Å². The SMILES string of the molecule is C[C@@H]1OC(C)(C)N(C(=O)OC(C)(C)C)[C@@H]1C(=O)O. The standard InChI is InChI=1S/C12H21NO5/c1-7-8(9(14)15)13(12(5,6)17-7)10(16)18-11(2,3)4/h7-8H,1-6H3,(H,14,15)/t7-,8-/m0/s1. The Bertz CT molecular complexity index is 358. The molecule has 1 aliphatic rings. The Kier molecular flexibility index (Phi) is 3.63. The first-order chi connectivity index (χ1) is 7.96. The van der Waals surface area contributed by atoms with E-state index in [-0.39, 0.29) is 0 Å². The highest BCUT2D eigenvalue weighted by Crippen LogP contribution is 2.33. The minimum Gasteiger partial charge on any atom is -0.480 e. The van der Waals surface area contributed by atoms with Gasteiger partial charge in [-0.25, -0.2) is 9.59 Å². The Hall–Kier alpha value is -1.30. The Balaban J connectivity index is 3.01. The van der Waals surface area contributed by atoms with Crippen LogP contribution in [0.3, 0.4) is 0 Å². The number of carbonyl (C=O) groups is 2. The fraction of sp³-hybridized carbons (Fsp3) is 0.833. The van der Waals surface area contributed by atoms with Gasteiger partial charge in [0.25, 0.3) is 0 Å². The highest BCUT2D eigenvalue weighted by molar-refractivity contribution is 5.82. The summed E-state index contributed by atoms with van der Waals surface area (Å²) in [4.78, 5) is 24.5. The van der Waals surface area contributed by atoms with Gasteiger partial charge in [-0.1, -0.05) is 0 Å². The first-order valence-electron chi connectivity index (χ1n) is 5.88. The van der Waals surface area contributed by atoms with Crippen LogP contribution in [0.25, 0.3) is 0 Å². The highest BCUT2D eigenvalue weighted by Gasteiger charge is 2.52. The van der Waals surface area contributed by atoms with Crippen LogP contribution in [0, 0.1) is 0 Å². The van der Waals surface area contributed by atoms with Crippen LogP contribution in [0.4, 0.5) is 4.79 Å². The van der Waals surface area contributed by atoms with Crippen LogP contribution in [-0.2, 0) is 14.3 Å². The lowest BCUT2D eigenvalue weighted by Gasteiger charge is -2.33. The van der Waals surface area contributed by atoms with E-state index < -0.39 is 35.5 Å². The fourth-order valence-electron chi connectivity index (χ4n) is 2.08. The van der Waals surface area contributed by atoms with Gasteiger partial charge in [-0.15, -0.1) is 0 Å². The van der Waals surface area contributed by atoms with Crippen molar-refractivity contribution in [1.29, 1.82) is 0 Å². The maximum Gasteiger partial charge on any atom is 0.413 e. The molecule has 0 aromatic carbocycles. The van der Waals surface area contributed by atoms with Crippen LogP contribution in [0.15, 0.2) is 0 Å². The van der Waals surface area contributed by atoms with Gasteiger partial charge in [0, 0.05) is 0 Å². The summed E-state index contributed by atoms with van der Waals surface area (Å²) in [7, 11) is 0. The fourth-order valence-corrected chi connectivity index (χ4v) is 2.08. The van der Waals surface area contributed by atoms with Gasteiger partial charge in [0.1, 0.15) is 11.3 Å². The van der Waals surface area contributed by atoms with Crippen molar-refractivity contribution in [3.05, 3.63) is 0 Å². The summed E-state index contributed by atoms with van der Waals surface area (Å²) in [6, 6.07) is -1.03. The van der Waals surface area contributed by atoms with Crippen molar-refractivity contribution in [3.8, 4) is 0 Å². The molecular weight excluding hydrogens is 238 g/mol. The van der Waals surface area contributed by atoms with Gasteiger partial charge in [0.2, 0.25) is 0 Å². The number of ether oxygens (including phenoxy) is 2. The average Bonchev–Trinajstić information content (AvgIpc) is 2.31. The first kappa shape index (κ1) is 14.8. The molecule has 1 rings (SSSR count). The third kappa shape index (κ3) is 2.93. The highest BCUT2D eigenvalue weighted by atomic mass is 16.6. The molecule has 18 heavy (non-hydrogen) atoms. The largest absolute Gasteiger partial charge is 0.480 e. The molecule has 1 aliphatic heterocycles. The zero-order chi connectivity index (χ0) is 14.3. The molecule has 6 heteroatoms. The Morgan fingerprint density at radius 1 is 1.33 bits per heavy atom. The van der Waals surface area contributed by atoms with E-state index in [1.807, 2.05) is 0 Å². The zero-order valence-corrected chi connectivity index (χ0v) is 11.7. The van der Waals surface area contributed by atoms with Crippen LogP contribution < -0.4 is 0 Å². The zero-order valence-electron chi connectivity index (χ0n) is 11.7. The Labute approximate surface area is 107 Å². The smallest absolute Gasteiger partial charge is 0.413 e. The maximum absolute atomic E-state index is 12.1. The molecule has 0 aromatic heterocycles. The molecule has 0 spiro atoms. The third-order valence-electron chi connectivity index (χ3n) is 2.62. The van der Waals surface area contributed by atoms with E-state index in [1.165, 1.54) is 0 Å². The number of hydrogen-bond donors (Lipinski definition) is 1. The number of hydrogen-bond acceptors (Lipinski definition) is 4. The molecule has 6 nitrogen and oxygen atoms in total. The van der Waals surface area contributed by atoms with Crippen LogP contribution in [0.5, 0.6) is 0 Å². The molecule has 0 aliphatic carbocycles. The lowest BCUT2D eigenvalue weighted by Crippen LogP contribution is -2.52. The van der Waals surface area contributed by atoms with Crippen LogP contribution in [-0.4, -0.2) is 45.5 Å². The van der Waals surface area contributed by atoms with E-state index in [0.717, 1.165) is 4.90 Å². The molecule has 1 fully saturated rings. The van der Waals surface area contributed by atoms with Crippen LogP contribution >= 0.6 is 0 Å². The molecule has 1 amide bonds. The molecule has 0 bridgehead atoms. The number of carboxylic acid groups (broad SMARTS) is 1. The number of carboxylic acids is 1. The van der Waals surface area contributed by atoms with Gasteiger partial charge >= 0.3 is 12.1 Å². The van der Waals surface area contributed by atoms with Gasteiger partial charge in [-0.05, 0) is 41.5 Å². The summed E-state index contributed by atoms with van der Waals surface area (Å²) < 4.78 is 10.7. The van der Waals surface area contributed by atoms with E-state index in [1.54, 1.807) is 41.5 Å². The molecule has 1 N–H and O–H groups in total. The molecule has 0 aromatic rings. The Morgan fingerprint density at radius 3 is 2.22 bits per heavy atom. The minimum absolute atomic E-state index is 0.579. The topological polar surface area (TPSA) is 76.1 Å². The van der Waals surface area contributed by atoms with Gasteiger partial charge in [-0.2, -0.15) is 0 Å². The lowest BCUT2D eigenvalue weighted by atomic mass is 10.1.